The molecule has 2 heteroatoms. The van der Waals surface area contributed by atoms with E-state index in [1.165, 1.54) is 166 Å². The van der Waals surface area contributed by atoms with Crippen molar-refractivity contribution >= 4 is 65.2 Å². The van der Waals surface area contributed by atoms with E-state index in [-0.39, 0.29) is 16.2 Å². The van der Waals surface area contributed by atoms with Gasteiger partial charge in [-0.15, -0.1) is 0 Å². The van der Waals surface area contributed by atoms with Crippen LogP contribution in [0.25, 0.3) is 110 Å². The van der Waals surface area contributed by atoms with Gasteiger partial charge in [-0.3, -0.25) is 0 Å². The monoisotopic (exact) mass is 912 g/mol. The number of nitrogens with zero attached hydrogens (tertiary/aromatic N) is 2. The zero-order valence-electron chi connectivity index (χ0n) is 42.4. The van der Waals surface area contributed by atoms with Gasteiger partial charge in [-0.25, -0.2) is 0 Å². The minimum atomic E-state index is -0.233. The Balaban J connectivity index is 0.925. The first-order valence-electron chi connectivity index (χ1n) is 25.7. The number of hydrogen-bond acceptors (Lipinski definition) is 0. The molecule has 3 aliphatic rings. The number of hydrogen-bond donors (Lipinski definition) is 0. The van der Waals surface area contributed by atoms with E-state index in [4.69, 9.17) is 0 Å². The van der Waals surface area contributed by atoms with Crippen LogP contribution in [0.3, 0.4) is 0 Å². The minimum absolute atomic E-state index is 0.210. The van der Waals surface area contributed by atoms with Crippen molar-refractivity contribution in [3.05, 3.63) is 213 Å². The summed E-state index contributed by atoms with van der Waals surface area (Å²) < 4.78 is 5.09. The van der Waals surface area contributed by atoms with Gasteiger partial charge in [0.25, 0.3) is 0 Å². The van der Waals surface area contributed by atoms with E-state index in [0.29, 0.717) is 0 Å². The predicted octanol–water partition coefficient (Wildman–Crippen LogP) is 18.3. The van der Waals surface area contributed by atoms with Crippen molar-refractivity contribution < 1.29 is 0 Å². The maximum absolute atomic E-state index is 2.61. The Kier molecular flexibility index (Phi) is 7.75. The van der Waals surface area contributed by atoms with Crippen molar-refractivity contribution in [3.8, 4) is 44.8 Å². The maximum Gasteiger partial charge on any atom is 0.0544 e. The van der Waals surface area contributed by atoms with E-state index < -0.39 is 0 Å². The lowest BCUT2D eigenvalue weighted by atomic mass is 9.78. The van der Waals surface area contributed by atoms with Crippen LogP contribution in [0.15, 0.2) is 158 Å². The molecule has 0 saturated carbocycles. The van der Waals surface area contributed by atoms with Crippen LogP contribution in [0.4, 0.5) is 0 Å². The Morgan fingerprint density at radius 3 is 0.887 bits per heavy atom. The standard InChI is InChI=1S/C69H56N2/c1-37-19-23-59-47(27-37)48-28-38(2)20-24-60(48)70(59)63-35-57-65(43-17-13-11-15-41(43)63)51-33-53-45(31-55(51)68(57,7)8)46-32-56-52(34-54(46)67(53,5)6)66-44-18-14-12-16-42(44)64(36-58(66)69(56,9)10)71-61-25-21-39(3)29-49(61)50-30-40(4)22-26-62(50)71/h11-36H,1-10H3. The van der Waals surface area contributed by atoms with Crippen LogP contribution in [0.1, 0.15) is 97.2 Å². The molecule has 2 nitrogen and oxygen atoms in total. The van der Waals surface area contributed by atoms with Crippen molar-refractivity contribution in [3.63, 3.8) is 0 Å². The second kappa shape index (κ2) is 13.4. The molecular weight excluding hydrogens is 857 g/mol. The van der Waals surface area contributed by atoms with Gasteiger partial charge < -0.3 is 9.13 Å². The Hall–Kier alpha value is -7.68. The smallest absolute Gasteiger partial charge is 0.0544 e. The molecule has 0 saturated heterocycles. The third-order valence-corrected chi connectivity index (χ3v) is 17.9. The SMILES string of the molecule is Cc1ccc2c(c1)c1cc(C)ccc1n2-c1cc2c(c3ccccc13)-c1cc3c(cc1C2(C)C)-c1cc2c(cc1C3(C)C)-c1c(cc(-n3c4ccc(C)cc4c4cc(C)ccc43)c3ccccc13)C2(C)C. The Morgan fingerprint density at radius 2 is 0.549 bits per heavy atom. The first kappa shape index (κ1) is 41.1. The highest BCUT2D eigenvalue weighted by Crippen LogP contribution is 2.61. The molecule has 2 heterocycles. The molecule has 0 aliphatic heterocycles. The van der Waals surface area contributed by atoms with Crippen LogP contribution in [0, 0.1) is 27.7 Å². The molecule has 342 valence electrons. The summed E-state index contributed by atoms with van der Waals surface area (Å²) in [4.78, 5) is 0. The highest BCUT2D eigenvalue weighted by Gasteiger charge is 2.46. The van der Waals surface area contributed by atoms with Crippen molar-refractivity contribution in [1.29, 1.82) is 0 Å². The molecule has 0 spiro atoms. The molecule has 2 aromatic heterocycles. The highest BCUT2D eigenvalue weighted by atomic mass is 15.0. The van der Waals surface area contributed by atoms with Crippen molar-refractivity contribution in [2.24, 2.45) is 0 Å². The molecule has 15 rings (SSSR count). The van der Waals surface area contributed by atoms with Crippen molar-refractivity contribution in [2.75, 3.05) is 0 Å². The molecule has 12 aromatic rings. The molecule has 0 radical (unpaired) electrons. The van der Waals surface area contributed by atoms with Gasteiger partial charge in [0.15, 0.2) is 0 Å². The number of rotatable bonds is 2. The largest absolute Gasteiger partial charge is 0.309 e. The van der Waals surface area contributed by atoms with Crippen LogP contribution in [-0.2, 0) is 16.2 Å². The van der Waals surface area contributed by atoms with E-state index in [2.05, 4.69) is 236 Å². The zero-order valence-corrected chi connectivity index (χ0v) is 42.4. The fraction of sp³-hybridized carbons (Fsp3) is 0.188. The van der Waals surface area contributed by atoms with Crippen LogP contribution < -0.4 is 0 Å². The fourth-order valence-corrected chi connectivity index (χ4v) is 14.2. The lowest BCUT2D eigenvalue weighted by Crippen LogP contribution is -2.17. The molecule has 0 bridgehead atoms. The Morgan fingerprint density at radius 1 is 0.268 bits per heavy atom. The first-order valence-corrected chi connectivity index (χ1v) is 25.7. The summed E-state index contributed by atoms with van der Waals surface area (Å²) in [6.45, 7) is 23.6. The Bertz CT molecular complexity index is 4060. The molecule has 0 N–H and O–H groups in total. The zero-order chi connectivity index (χ0) is 48.4. The summed E-state index contributed by atoms with van der Waals surface area (Å²) in [5.41, 5.74) is 28.8. The van der Waals surface area contributed by atoms with Gasteiger partial charge in [-0.2, -0.15) is 0 Å². The number of benzene rings is 10. The number of aromatic nitrogens is 2. The molecule has 3 aliphatic carbocycles. The molecular formula is C69H56N2. The van der Waals surface area contributed by atoms with Gasteiger partial charge in [0, 0.05) is 48.6 Å². The molecule has 71 heavy (non-hydrogen) atoms. The normalized spacial score (nSPS) is 15.5. The summed E-state index contributed by atoms with van der Waals surface area (Å²) in [5, 5.41) is 10.5. The highest BCUT2D eigenvalue weighted by molar-refractivity contribution is 6.15. The van der Waals surface area contributed by atoms with Gasteiger partial charge in [-0.1, -0.05) is 137 Å². The molecule has 0 atom stereocenters. The van der Waals surface area contributed by atoms with Gasteiger partial charge in [-0.05, 0) is 190 Å². The van der Waals surface area contributed by atoms with E-state index in [9.17, 15) is 0 Å². The van der Waals surface area contributed by atoms with Gasteiger partial charge in [0.2, 0.25) is 0 Å². The van der Waals surface area contributed by atoms with Crippen LogP contribution in [0.5, 0.6) is 0 Å². The molecule has 10 aromatic carbocycles. The summed E-state index contributed by atoms with van der Waals surface area (Å²) in [5.74, 6) is 0. The fourth-order valence-electron chi connectivity index (χ4n) is 14.2. The van der Waals surface area contributed by atoms with Crippen LogP contribution in [-0.4, -0.2) is 9.13 Å². The predicted molar refractivity (Wildman–Crippen MR) is 302 cm³/mol. The average molecular weight is 913 g/mol. The lowest BCUT2D eigenvalue weighted by molar-refractivity contribution is 0.649. The third-order valence-electron chi connectivity index (χ3n) is 17.9. The van der Waals surface area contributed by atoms with E-state index >= 15 is 0 Å². The summed E-state index contributed by atoms with van der Waals surface area (Å²) in [6.07, 6.45) is 0. The molecule has 0 unspecified atom stereocenters. The topological polar surface area (TPSA) is 9.86 Å². The first-order chi connectivity index (χ1) is 34.1. The summed E-state index contributed by atoms with van der Waals surface area (Å²) >= 11 is 0. The van der Waals surface area contributed by atoms with Gasteiger partial charge in [0.05, 0.1) is 33.4 Å². The summed E-state index contributed by atoms with van der Waals surface area (Å²) in [7, 11) is 0. The third kappa shape index (κ3) is 5.13. The van der Waals surface area contributed by atoms with E-state index in [1.54, 1.807) is 0 Å². The lowest BCUT2D eigenvalue weighted by Gasteiger charge is -2.25. The van der Waals surface area contributed by atoms with E-state index in [1.807, 2.05) is 0 Å². The second-order valence-electron chi connectivity index (χ2n) is 23.2. The molecule has 0 fully saturated rings. The summed E-state index contributed by atoms with van der Waals surface area (Å²) in [6, 6.07) is 61.8. The second-order valence-corrected chi connectivity index (χ2v) is 23.2. The Labute approximate surface area is 415 Å². The van der Waals surface area contributed by atoms with Gasteiger partial charge in [0.1, 0.15) is 0 Å². The van der Waals surface area contributed by atoms with Crippen molar-refractivity contribution in [1.82, 2.24) is 9.13 Å². The molecule has 0 amide bonds. The minimum Gasteiger partial charge on any atom is -0.309 e. The van der Waals surface area contributed by atoms with Gasteiger partial charge >= 0.3 is 0 Å². The number of aryl methyl sites for hydroxylation is 4. The van der Waals surface area contributed by atoms with E-state index in [0.717, 1.165) is 0 Å². The van der Waals surface area contributed by atoms with Crippen molar-refractivity contribution in [2.45, 2.75) is 85.5 Å². The quantitative estimate of drug-likeness (QED) is 0.164. The maximum atomic E-state index is 2.61. The number of fused-ring (bicyclic) bond motifs is 19. The van der Waals surface area contributed by atoms with Crippen LogP contribution >= 0.6 is 0 Å². The van der Waals surface area contributed by atoms with Crippen LogP contribution in [0.2, 0.25) is 0 Å². The average Bonchev–Trinajstić information content (AvgIpc) is 4.05.